The Morgan fingerprint density at radius 2 is 1.69 bits per heavy atom. The first-order valence-corrected chi connectivity index (χ1v) is 8.23. The van der Waals surface area contributed by atoms with Crippen molar-refractivity contribution in [3.05, 3.63) is 66.2 Å². The summed E-state index contributed by atoms with van der Waals surface area (Å²) in [5, 5.41) is 8.05. The van der Waals surface area contributed by atoms with Crippen LogP contribution in [0.15, 0.2) is 55.1 Å². The van der Waals surface area contributed by atoms with Gasteiger partial charge in [0.2, 0.25) is 0 Å². The molecule has 0 unspecified atom stereocenters. The minimum atomic E-state index is -0.316. The van der Waals surface area contributed by atoms with Gasteiger partial charge in [0.05, 0.1) is 0 Å². The quantitative estimate of drug-likeness (QED) is 0.665. The molecule has 2 rings (SSSR count). The van der Waals surface area contributed by atoms with Crippen molar-refractivity contribution in [3.63, 3.8) is 0 Å². The number of benzene rings is 2. The number of ether oxygens (including phenoxy) is 1. The summed E-state index contributed by atoms with van der Waals surface area (Å²) in [5.41, 5.74) is 3.38. The molecule has 0 heterocycles. The molecule has 0 saturated carbocycles. The molecule has 0 aliphatic carbocycles. The van der Waals surface area contributed by atoms with Crippen LogP contribution >= 0.6 is 0 Å². The van der Waals surface area contributed by atoms with Gasteiger partial charge in [-0.25, -0.2) is 4.79 Å². The van der Waals surface area contributed by atoms with Gasteiger partial charge in [0.1, 0.15) is 5.75 Å². The molecule has 3 N–H and O–H groups in total. The summed E-state index contributed by atoms with van der Waals surface area (Å²) in [6.07, 6.45) is 1.60. The van der Waals surface area contributed by atoms with Gasteiger partial charge in [-0.3, -0.25) is 4.79 Å². The topological polar surface area (TPSA) is 79.5 Å². The number of amides is 3. The first kappa shape index (κ1) is 19.1. The van der Waals surface area contributed by atoms with Gasteiger partial charge in [-0.2, -0.15) is 0 Å². The summed E-state index contributed by atoms with van der Waals surface area (Å²) < 4.78 is 5.55. The fourth-order valence-electron chi connectivity index (χ4n) is 2.28. The Bertz CT molecular complexity index is 785. The highest BCUT2D eigenvalue weighted by Crippen LogP contribution is 2.19. The molecule has 0 aliphatic heterocycles. The Balaban J connectivity index is 1.83. The summed E-state index contributed by atoms with van der Waals surface area (Å²) in [6.45, 7) is 7.79. The van der Waals surface area contributed by atoms with Gasteiger partial charge in [0, 0.05) is 17.9 Å². The van der Waals surface area contributed by atoms with Crippen LogP contribution in [0.2, 0.25) is 0 Å². The Morgan fingerprint density at radius 3 is 2.31 bits per heavy atom. The first-order valence-electron chi connectivity index (χ1n) is 8.23. The number of nitrogens with one attached hydrogen (secondary N) is 3. The summed E-state index contributed by atoms with van der Waals surface area (Å²) in [5.74, 6) is 0.435. The highest BCUT2D eigenvalue weighted by atomic mass is 16.5. The van der Waals surface area contributed by atoms with Crippen LogP contribution in [-0.4, -0.2) is 25.1 Å². The molecular weight excluding hydrogens is 330 g/mol. The van der Waals surface area contributed by atoms with Crippen LogP contribution in [0.1, 0.15) is 11.1 Å². The van der Waals surface area contributed by atoms with Gasteiger partial charge in [-0.15, -0.1) is 6.58 Å². The van der Waals surface area contributed by atoms with Crippen molar-refractivity contribution >= 4 is 23.3 Å². The molecule has 0 saturated heterocycles. The van der Waals surface area contributed by atoms with Gasteiger partial charge < -0.3 is 20.7 Å². The van der Waals surface area contributed by atoms with Gasteiger partial charge >= 0.3 is 6.03 Å². The van der Waals surface area contributed by atoms with E-state index in [9.17, 15) is 9.59 Å². The third kappa shape index (κ3) is 5.98. The summed E-state index contributed by atoms with van der Waals surface area (Å²) in [4.78, 5) is 23.6. The van der Waals surface area contributed by atoms with Gasteiger partial charge in [0.25, 0.3) is 5.91 Å². The molecule has 0 spiro atoms. The smallest absolute Gasteiger partial charge is 0.319 e. The lowest BCUT2D eigenvalue weighted by Crippen LogP contribution is -2.28. The van der Waals surface area contributed by atoms with E-state index in [0.717, 1.165) is 11.1 Å². The fourth-order valence-corrected chi connectivity index (χ4v) is 2.28. The zero-order valence-corrected chi connectivity index (χ0v) is 15.0. The number of carbonyl (C=O) groups excluding carboxylic acids is 2. The van der Waals surface area contributed by atoms with E-state index in [2.05, 4.69) is 22.5 Å². The van der Waals surface area contributed by atoms with Crippen LogP contribution in [0.25, 0.3) is 0 Å². The second-order valence-corrected chi connectivity index (χ2v) is 5.81. The van der Waals surface area contributed by atoms with E-state index in [1.54, 1.807) is 30.3 Å². The molecule has 0 bridgehead atoms. The first-order chi connectivity index (χ1) is 12.5. The Morgan fingerprint density at radius 1 is 1.04 bits per heavy atom. The van der Waals surface area contributed by atoms with Crippen LogP contribution in [0.5, 0.6) is 5.75 Å². The van der Waals surface area contributed by atoms with Crippen LogP contribution in [0.4, 0.5) is 16.2 Å². The highest BCUT2D eigenvalue weighted by Gasteiger charge is 2.06. The molecule has 0 radical (unpaired) electrons. The van der Waals surface area contributed by atoms with Crippen molar-refractivity contribution < 1.29 is 14.3 Å². The number of rotatable bonds is 7. The molecule has 6 nitrogen and oxygen atoms in total. The largest absolute Gasteiger partial charge is 0.483 e. The molecular formula is C20H23N3O3. The maximum absolute atomic E-state index is 12.0. The third-order valence-electron chi connectivity index (χ3n) is 3.52. The van der Waals surface area contributed by atoms with Crippen molar-refractivity contribution in [2.24, 2.45) is 0 Å². The molecule has 2 aromatic carbocycles. The molecule has 3 amide bonds. The van der Waals surface area contributed by atoms with Gasteiger partial charge in [0.15, 0.2) is 6.61 Å². The van der Waals surface area contributed by atoms with Crippen LogP contribution in [0, 0.1) is 13.8 Å². The summed E-state index contributed by atoms with van der Waals surface area (Å²) in [6, 6.07) is 12.3. The summed E-state index contributed by atoms with van der Waals surface area (Å²) in [7, 11) is 0. The minimum Gasteiger partial charge on any atom is -0.483 e. The minimum absolute atomic E-state index is 0.0755. The number of carbonyl (C=O) groups is 2. The lowest BCUT2D eigenvalue weighted by molar-refractivity contribution is -0.118. The molecule has 0 atom stereocenters. The molecule has 26 heavy (non-hydrogen) atoms. The van der Waals surface area contributed by atoms with Crippen molar-refractivity contribution in [1.82, 2.24) is 5.32 Å². The van der Waals surface area contributed by atoms with E-state index in [4.69, 9.17) is 4.74 Å². The van der Waals surface area contributed by atoms with Crippen LogP contribution in [-0.2, 0) is 4.79 Å². The SMILES string of the molecule is C=CCNC(=O)Nc1ccc(NC(=O)COc2ccc(C)cc2C)cc1. The molecule has 2 aromatic rings. The fraction of sp³-hybridized carbons (Fsp3) is 0.200. The highest BCUT2D eigenvalue weighted by molar-refractivity contribution is 5.93. The Kier molecular flexibility index (Phi) is 6.79. The van der Waals surface area contributed by atoms with Crippen molar-refractivity contribution in [3.8, 4) is 5.75 Å². The van der Waals surface area contributed by atoms with E-state index >= 15 is 0 Å². The van der Waals surface area contributed by atoms with E-state index < -0.39 is 0 Å². The maximum Gasteiger partial charge on any atom is 0.319 e. The van der Waals surface area contributed by atoms with Crippen molar-refractivity contribution in [2.45, 2.75) is 13.8 Å². The van der Waals surface area contributed by atoms with E-state index in [1.165, 1.54) is 0 Å². The molecule has 6 heteroatoms. The lowest BCUT2D eigenvalue weighted by atomic mass is 10.1. The maximum atomic E-state index is 12.0. The second kappa shape index (κ2) is 9.27. The van der Waals surface area contributed by atoms with Crippen LogP contribution < -0.4 is 20.7 Å². The zero-order chi connectivity index (χ0) is 18.9. The standard InChI is InChI=1S/C20H23N3O3/c1-4-11-21-20(25)23-17-8-6-16(7-9-17)22-19(24)13-26-18-10-5-14(2)12-15(18)3/h4-10,12H,1,11,13H2,2-3H3,(H,22,24)(H2,21,23,25). The molecule has 0 aliphatic rings. The molecule has 136 valence electrons. The van der Waals surface area contributed by atoms with Crippen LogP contribution in [0.3, 0.4) is 0 Å². The lowest BCUT2D eigenvalue weighted by Gasteiger charge is -2.11. The van der Waals surface area contributed by atoms with Gasteiger partial charge in [-0.1, -0.05) is 23.8 Å². The number of anilines is 2. The number of hydrogen-bond acceptors (Lipinski definition) is 3. The normalized spacial score (nSPS) is 9.92. The van der Waals surface area contributed by atoms with Crippen molar-refractivity contribution in [1.29, 1.82) is 0 Å². The average molecular weight is 353 g/mol. The summed E-state index contributed by atoms with van der Waals surface area (Å²) >= 11 is 0. The van der Waals surface area contributed by atoms with E-state index in [-0.39, 0.29) is 18.5 Å². The predicted molar refractivity (Wildman–Crippen MR) is 104 cm³/mol. The number of urea groups is 1. The third-order valence-corrected chi connectivity index (χ3v) is 3.52. The Hall–Kier alpha value is -3.28. The van der Waals surface area contributed by atoms with E-state index in [1.807, 2.05) is 32.0 Å². The number of aryl methyl sites for hydroxylation is 2. The monoisotopic (exact) mass is 353 g/mol. The average Bonchev–Trinajstić information content (AvgIpc) is 2.61. The van der Waals surface area contributed by atoms with Crippen molar-refractivity contribution in [2.75, 3.05) is 23.8 Å². The Labute approximate surface area is 153 Å². The zero-order valence-electron chi connectivity index (χ0n) is 15.0. The van der Waals surface area contributed by atoms with E-state index in [0.29, 0.717) is 23.7 Å². The number of hydrogen-bond donors (Lipinski definition) is 3. The molecule has 0 fully saturated rings. The van der Waals surface area contributed by atoms with Gasteiger partial charge in [-0.05, 0) is 49.7 Å². The molecule has 0 aromatic heterocycles. The predicted octanol–water partition coefficient (Wildman–Crippen LogP) is 3.63. The second-order valence-electron chi connectivity index (χ2n) is 5.81.